The topological polar surface area (TPSA) is 48.7 Å². The van der Waals surface area contributed by atoms with Crippen LogP contribution in [0, 0.1) is 25.2 Å². The molecule has 19 heavy (non-hydrogen) atoms. The quantitative estimate of drug-likeness (QED) is 0.916. The lowest BCUT2D eigenvalue weighted by molar-refractivity contribution is 1.03. The molecule has 0 aromatic carbocycles. The van der Waals surface area contributed by atoms with Crippen LogP contribution in [-0.4, -0.2) is 11.5 Å². The first-order valence-corrected chi connectivity index (χ1v) is 7.57. The Morgan fingerprint density at radius 2 is 2.21 bits per heavy atom. The number of hydrogen-bond donors (Lipinski definition) is 1. The lowest BCUT2D eigenvalue weighted by atomic mass is 10.1. The molecule has 0 aliphatic rings. The van der Waals surface area contributed by atoms with Crippen LogP contribution >= 0.6 is 27.3 Å². The van der Waals surface area contributed by atoms with E-state index < -0.39 is 0 Å². The third kappa shape index (κ3) is 3.55. The summed E-state index contributed by atoms with van der Waals surface area (Å²) in [5.74, 6) is 0. The fourth-order valence-corrected chi connectivity index (χ4v) is 3.40. The van der Waals surface area contributed by atoms with Crippen molar-refractivity contribution in [1.29, 1.82) is 5.26 Å². The van der Waals surface area contributed by atoms with E-state index in [2.05, 4.69) is 44.4 Å². The Kier molecular flexibility index (Phi) is 4.56. The molecule has 5 heteroatoms. The van der Waals surface area contributed by atoms with Crippen molar-refractivity contribution in [3.05, 3.63) is 43.8 Å². The maximum absolute atomic E-state index is 9.18. The van der Waals surface area contributed by atoms with Gasteiger partial charge in [-0.2, -0.15) is 5.26 Å². The number of pyridine rings is 1. The number of nitrogens with one attached hydrogen (secondary N) is 1. The van der Waals surface area contributed by atoms with Gasteiger partial charge in [0.05, 0.1) is 20.7 Å². The van der Waals surface area contributed by atoms with Crippen LogP contribution in [0.2, 0.25) is 0 Å². The molecule has 0 radical (unpaired) electrons. The van der Waals surface area contributed by atoms with Crippen LogP contribution < -0.4 is 5.32 Å². The van der Waals surface area contributed by atoms with Gasteiger partial charge in [0.15, 0.2) is 0 Å². The van der Waals surface area contributed by atoms with Crippen LogP contribution in [0.4, 0.5) is 5.69 Å². The second-order valence-corrected chi connectivity index (χ2v) is 6.81. The van der Waals surface area contributed by atoms with Crippen LogP contribution in [0.3, 0.4) is 0 Å². The Bertz CT molecular complexity index is 628. The van der Waals surface area contributed by atoms with Crippen LogP contribution in [0.15, 0.2) is 22.0 Å². The average Bonchev–Trinajstić information content (AvgIpc) is 2.74. The lowest BCUT2D eigenvalue weighted by Gasteiger charge is -2.10. The van der Waals surface area contributed by atoms with Gasteiger partial charge in [-0.15, -0.1) is 11.3 Å². The van der Waals surface area contributed by atoms with Crippen molar-refractivity contribution in [3.8, 4) is 6.07 Å². The molecule has 0 unspecified atom stereocenters. The maximum atomic E-state index is 9.18. The molecule has 2 aromatic rings. The Hall–Kier alpha value is -1.38. The number of nitrogens with zero attached hydrogens (tertiary/aromatic N) is 2. The summed E-state index contributed by atoms with van der Waals surface area (Å²) in [4.78, 5) is 5.63. The molecule has 2 rings (SSSR count). The number of aryl methyl sites for hydroxylation is 2. The number of anilines is 1. The molecule has 98 valence electrons. The second-order valence-electron chi connectivity index (χ2n) is 4.27. The van der Waals surface area contributed by atoms with Gasteiger partial charge in [-0.05, 0) is 54.4 Å². The van der Waals surface area contributed by atoms with E-state index in [4.69, 9.17) is 0 Å². The molecule has 0 bridgehead atoms. The van der Waals surface area contributed by atoms with E-state index >= 15 is 0 Å². The van der Waals surface area contributed by atoms with Gasteiger partial charge < -0.3 is 5.32 Å². The highest BCUT2D eigenvalue weighted by molar-refractivity contribution is 9.11. The average molecular weight is 336 g/mol. The van der Waals surface area contributed by atoms with Crippen LogP contribution in [-0.2, 0) is 6.42 Å². The lowest BCUT2D eigenvalue weighted by Crippen LogP contribution is -2.07. The number of aromatic nitrogens is 1. The van der Waals surface area contributed by atoms with Crippen molar-refractivity contribution in [2.75, 3.05) is 11.9 Å². The Morgan fingerprint density at radius 3 is 2.84 bits per heavy atom. The molecule has 2 heterocycles. The van der Waals surface area contributed by atoms with E-state index in [1.54, 1.807) is 11.3 Å². The van der Waals surface area contributed by atoms with Crippen molar-refractivity contribution in [3.63, 3.8) is 0 Å². The Balaban J connectivity index is 2.05. The molecular formula is C14H14BrN3S. The van der Waals surface area contributed by atoms with Crippen molar-refractivity contribution in [2.45, 2.75) is 20.3 Å². The molecule has 0 aliphatic carbocycles. The molecule has 3 nitrogen and oxygen atoms in total. The first kappa shape index (κ1) is 14.0. The van der Waals surface area contributed by atoms with E-state index in [9.17, 15) is 5.26 Å². The summed E-state index contributed by atoms with van der Waals surface area (Å²) in [5, 5.41) is 12.5. The zero-order valence-electron chi connectivity index (χ0n) is 10.8. The number of nitriles is 1. The third-order valence-corrected chi connectivity index (χ3v) is 4.44. The highest BCUT2D eigenvalue weighted by Gasteiger charge is 2.07. The van der Waals surface area contributed by atoms with Crippen molar-refractivity contribution >= 4 is 33.0 Å². The van der Waals surface area contributed by atoms with E-state index in [1.165, 1.54) is 4.88 Å². The summed E-state index contributed by atoms with van der Waals surface area (Å²) in [6.07, 6.45) is 0.946. The van der Waals surface area contributed by atoms with Gasteiger partial charge in [-0.25, -0.2) is 0 Å². The zero-order chi connectivity index (χ0) is 13.8. The number of halogens is 1. The predicted octanol–water partition coefficient (Wildman–Crippen LogP) is 4.05. The Morgan fingerprint density at radius 1 is 1.42 bits per heavy atom. The summed E-state index contributed by atoms with van der Waals surface area (Å²) < 4.78 is 1.15. The molecule has 0 fully saturated rings. The van der Waals surface area contributed by atoms with Crippen molar-refractivity contribution < 1.29 is 0 Å². The smallest absolute Gasteiger partial charge is 0.103 e. The summed E-state index contributed by atoms with van der Waals surface area (Å²) in [6, 6.07) is 8.31. The van der Waals surface area contributed by atoms with Crippen LogP contribution in [0.5, 0.6) is 0 Å². The number of hydrogen-bond acceptors (Lipinski definition) is 4. The van der Waals surface area contributed by atoms with Gasteiger partial charge in [-0.3, -0.25) is 4.98 Å². The fraction of sp³-hybridized carbons (Fsp3) is 0.286. The fourth-order valence-electron chi connectivity index (χ4n) is 1.92. The molecular weight excluding hydrogens is 322 g/mol. The standard InChI is InChI=1S/C14H14BrN3S/c1-9-7-13(12(8-16)10(2)18-9)17-6-5-11-3-4-14(15)19-11/h3-4,7H,5-6H2,1-2H3,(H,17,18). The number of thiophene rings is 1. The van der Waals surface area contributed by atoms with E-state index in [1.807, 2.05) is 19.9 Å². The largest absolute Gasteiger partial charge is 0.384 e. The summed E-state index contributed by atoms with van der Waals surface area (Å²) in [5.41, 5.74) is 3.22. The second kappa shape index (κ2) is 6.18. The van der Waals surface area contributed by atoms with Crippen LogP contribution in [0.25, 0.3) is 0 Å². The minimum absolute atomic E-state index is 0.637. The zero-order valence-corrected chi connectivity index (χ0v) is 13.2. The van der Waals surface area contributed by atoms with Crippen molar-refractivity contribution in [2.24, 2.45) is 0 Å². The first-order valence-electron chi connectivity index (χ1n) is 5.96. The molecule has 2 aromatic heterocycles. The highest BCUT2D eigenvalue weighted by Crippen LogP contribution is 2.23. The molecule has 0 amide bonds. The van der Waals surface area contributed by atoms with E-state index in [0.29, 0.717) is 5.56 Å². The highest BCUT2D eigenvalue weighted by atomic mass is 79.9. The molecule has 0 saturated carbocycles. The van der Waals surface area contributed by atoms with E-state index in [0.717, 1.165) is 33.8 Å². The SMILES string of the molecule is Cc1cc(NCCc2ccc(Br)s2)c(C#N)c(C)n1. The molecule has 0 saturated heterocycles. The molecule has 0 spiro atoms. The van der Waals surface area contributed by atoms with Gasteiger partial charge in [0.2, 0.25) is 0 Å². The normalized spacial score (nSPS) is 10.2. The number of rotatable bonds is 4. The third-order valence-electron chi connectivity index (χ3n) is 2.76. The van der Waals surface area contributed by atoms with Gasteiger partial charge >= 0.3 is 0 Å². The molecule has 1 N–H and O–H groups in total. The minimum Gasteiger partial charge on any atom is -0.384 e. The van der Waals surface area contributed by atoms with Gasteiger partial charge in [-0.1, -0.05) is 0 Å². The maximum Gasteiger partial charge on any atom is 0.103 e. The van der Waals surface area contributed by atoms with Crippen LogP contribution in [0.1, 0.15) is 21.8 Å². The molecule has 0 atom stereocenters. The van der Waals surface area contributed by atoms with Gasteiger partial charge in [0, 0.05) is 17.1 Å². The first-order chi connectivity index (χ1) is 9.10. The summed E-state index contributed by atoms with van der Waals surface area (Å²) in [7, 11) is 0. The molecule has 0 aliphatic heterocycles. The van der Waals surface area contributed by atoms with Crippen molar-refractivity contribution in [1.82, 2.24) is 4.98 Å². The Labute approximate surface area is 125 Å². The minimum atomic E-state index is 0.637. The summed E-state index contributed by atoms with van der Waals surface area (Å²) in [6.45, 7) is 4.62. The van der Waals surface area contributed by atoms with E-state index in [-0.39, 0.29) is 0 Å². The van der Waals surface area contributed by atoms with Gasteiger partial charge in [0.1, 0.15) is 6.07 Å². The monoisotopic (exact) mass is 335 g/mol. The van der Waals surface area contributed by atoms with Gasteiger partial charge in [0.25, 0.3) is 0 Å². The summed E-state index contributed by atoms with van der Waals surface area (Å²) >= 11 is 5.20. The predicted molar refractivity (Wildman–Crippen MR) is 82.6 cm³/mol.